The second kappa shape index (κ2) is 7.86. The van der Waals surface area contributed by atoms with E-state index in [-0.39, 0.29) is 5.82 Å². The van der Waals surface area contributed by atoms with Gasteiger partial charge in [-0.15, -0.1) is 10.2 Å². The molecular weight excluding hydrogens is 381 g/mol. The van der Waals surface area contributed by atoms with Crippen molar-refractivity contribution in [2.75, 3.05) is 0 Å². The SMILES string of the molecule is Fc1ccc(-c2nnc(-c3ccc(Cl)cc3)nc2Sc2ccccc2)cc1. The van der Waals surface area contributed by atoms with Crippen molar-refractivity contribution in [3.05, 3.63) is 89.7 Å². The average molecular weight is 394 g/mol. The summed E-state index contributed by atoms with van der Waals surface area (Å²) in [5.41, 5.74) is 2.20. The van der Waals surface area contributed by atoms with Gasteiger partial charge >= 0.3 is 0 Å². The van der Waals surface area contributed by atoms with Crippen molar-refractivity contribution in [2.45, 2.75) is 9.92 Å². The largest absolute Gasteiger partial charge is 0.217 e. The summed E-state index contributed by atoms with van der Waals surface area (Å²) in [6.07, 6.45) is 0. The normalized spacial score (nSPS) is 10.7. The Labute approximate surface area is 165 Å². The van der Waals surface area contributed by atoms with E-state index in [9.17, 15) is 4.39 Å². The fourth-order valence-corrected chi connectivity index (χ4v) is 3.52. The minimum Gasteiger partial charge on any atom is -0.217 e. The number of rotatable bonds is 4. The Hall–Kier alpha value is -2.76. The Kier molecular flexibility index (Phi) is 5.14. The van der Waals surface area contributed by atoms with Crippen LogP contribution in [0.2, 0.25) is 5.02 Å². The summed E-state index contributed by atoms with van der Waals surface area (Å²) in [5, 5.41) is 10.0. The fourth-order valence-electron chi connectivity index (χ4n) is 2.49. The molecule has 132 valence electrons. The van der Waals surface area contributed by atoms with Gasteiger partial charge in [0.2, 0.25) is 0 Å². The van der Waals surface area contributed by atoms with Crippen molar-refractivity contribution in [2.24, 2.45) is 0 Å². The number of aromatic nitrogens is 3. The lowest BCUT2D eigenvalue weighted by atomic mass is 10.1. The zero-order valence-corrected chi connectivity index (χ0v) is 15.6. The molecule has 27 heavy (non-hydrogen) atoms. The van der Waals surface area contributed by atoms with Crippen LogP contribution >= 0.6 is 23.4 Å². The summed E-state index contributed by atoms with van der Waals surface area (Å²) in [6, 6.07) is 23.4. The van der Waals surface area contributed by atoms with Crippen molar-refractivity contribution >= 4 is 23.4 Å². The first-order valence-electron chi connectivity index (χ1n) is 8.18. The first kappa shape index (κ1) is 17.6. The second-order valence-corrected chi connectivity index (χ2v) is 7.22. The van der Waals surface area contributed by atoms with Gasteiger partial charge in [0.1, 0.15) is 16.5 Å². The molecule has 0 saturated carbocycles. The molecule has 0 aliphatic heterocycles. The second-order valence-electron chi connectivity index (χ2n) is 5.72. The maximum atomic E-state index is 13.3. The van der Waals surface area contributed by atoms with Crippen LogP contribution in [-0.2, 0) is 0 Å². The van der Waals surface area contributed by atoms with Crippen molar-refractivity contribution in [3.63, 3.8) is 0 Å². The van der Waals surface area contributed by atoms with Crippen molar-refractivity contribution in [1.82, 2.24) is 15.2 Å². The van der Waals surface area contributed by atoms with Crippen LogP contribution in [0.3, 0.4) is 0 Å². The monoisotopic (exact) mass is 393 g/mol. The highest BCUT2D eigenvalue weighted by molar-refractivity contribution is 7.99. The Morgan fingerprint density at radius 2 is 1.41 bits per heavy atom. The van der Waals surface area contributed by atoms with Gasteiger partial charge in [-0.25, -0.2) is 9.37 Å². The number of halogens is 2. The molecule has 4 aromatic rings. The molecule has 0 unspecified atom stereocenters. The van der Waals surface area contributed by atoms with Crippen LogP contribution in [0.4, 0.5) is 4.39 Å². The van der Waals surface area contributed by atoms with E-state index < -0.39 is 0 Å². The molecule has 0 spiro atoms. The van der Waals surface area contributed by atoms with Gasteiger partial charge in [0.15, 0.2) is 5.82 Å². The van der Waals surface area contributed by atoms with Gasteiger partial charge in [-0.1, -0.05) is 41.6 Å². The Morgan fingerprint density at radius 1 is 0.741 bits per heavy atom. The van der Waals surface area contributed by atoms with Crippen LogP contribution in [0, 0.1) is 5.82 Å². The molecule has 0 fully saturated rings. The van der Waals surface area contributed by atoms with E-state index in [1.165, 1.54) is 23.9 Å². The molecule has 0 aliphatic rings. The van der Waals surface area contributed by atoms with Crippen molar-refractivity contribution in [3.8, 4) is 22.6 Å². The third-order valence-electron chi connectivity index (χ3n) is 3.83. The van der Waals surface area contributed by atoms with E-state index >= 15 is 0 Å². The summed E-state index contributed by atoms with van der Waals surface area (Å²) in [5.74, 6) is 0.214. The van der Waals surface area contributed by atoms with Gasteiger partial charge in [0, 0.05) is 21.0 Å². The van der Waals surface area contributed by atoms with Crippen LogP contribution in [0.25, 0.3) is 22.6 Å². The van der Waals surface area contributed by atoms with Gasteiger partial charge in [0.25, 0.3) is 0 Å². The lowest BCUT2D eigenvalue weighted by Gasteiger charge is -2.09. The topological polar surface area (TPSA) is 38.7 Å². The molecular formula is C21H13ClFN3S. The summed E-state index contributed by atoms with van der Waals surface area (Å²) < 4.78 is 13.3. The summed E-state index contributed by atoms with van der Waals surface area (Å²) >= 11 is 7.46. The zero-order chi connectivity index (χ0) is 18.6. The predicted octanol–water partition coefficient (Wildman–Crippen LogP) is 6.15. The van der Waals surface area contributed by atoms with Gasteiger partial charge < -0.3 is 0 Å². The number of hydrogen-bond donors (Lipinski definition) is 0. The van der Waals surface area contributed by atoms with E-state index in [1.807, 2.05) is 42.5 Å². The Morgan fingerprint density at radius 3 is 2.11 bits per heavy atom. The number of nitrogens with zero attached hydrogens (tertiary/aromatic N) is 3. The van der Waals surface area contributed by atoms with E-state index in [0.717, 1.165) is 16.0 Å². The molecule has 0 saturated heterocycles. The van der Waals surface area contributed by atoms with E-state index in [1.54, 1.807) is 24.3 Å². The standard InChI is InChI=1S/C21H13ClFN3S/c22-16-10-6-15(7-11-16)20-24-21(27-18-4-2-1-3-5-18)19(25-26-20)14-8-12-17(23)13-9-14/h1-13H. The molecule has 0 bridgehead atoms. The lowest BCUT2D eigenvalue weighted by molar-refractivity contribution is 0.628. The van der Waals surface area contributed by atoms with Crippen LogP contribution in [0.1, 0.15) is 0 Å². The summed E-state index contributed by atoms with van der Waals surface area (Å²) in [7, 11) is 0. The van der Waals surface area contributed by atoms with Gasteiger partial charge in [0.05, 0.1) is 0 Å². The van der Waals surface area contributed by atoms with Crippen LogP contribution in [-0.4, -0.2) is 15.2 Å². The molecule has 1 heterocycles. The van der Waals surface area contributed by atoms with Crippen molar-refractivity contribution in [1.29, 1.82) is 0 Å². The average Bonchev–Trinajstić information content (AvgIpc) is 2.70. The van der Waals surface area contributed by atoms with Gasteiger partial charge in [-0.2, -0.15) is 0 Å². The van der Waals surface area contributed by atoms with Gasteiger partial charge in [-0.3, -0.25) is 0 Å². The minimum atomic E-state index is -0.297. The number of benzene rings is 3. The quantitative estimate of drug-likeness (QED) is 0.417. The van der Waals surface area contributed by atoms with E-state index in [0.29, 0.717) is 21.6 Å². The fraction of sp³-hybridized carbons (Fsp3) is 0. The Balaban J connectivity index is 1.80. The molecule has 0 amide bonds. The third-order valence-corrected chi connectivity index (χ3v) is 5.07. The molecule has 0 aliphatic carbocycles. The first-order valence-corrected chi connectivity index (χ1v) is 9.38. The van der Waals surface area contributed by atoms with Crippen molar-refractivity contribution < 1.29 is 4.39 Å². The van der Waals surface area contributed by atoms with Crippen LogP contribution in [0.15, 0.2) is 88.8 Å². The molecule has 6 heteroatoms. The maximum Gasteiger partial charge on any atom is 0.182 e. The highest BCUT2D eigenvalue weighted by Crippen LogP contribution is 2.34. The van der Waals surface area contributed by atoms with E-state index in [4.69, 9.17) is 16.6 Å². The molecule has 0 N–H and O–H groups in total. The first-order chi connectivity index (χ1) is 13.2. The lowest BCUT2D eigenvalue weighted by Crippen LogP contribution is -1.99. The summed E-state index contributed by atoms with van der Waals surface area (Å²) in [6.45, 7) is 0. The smallest absolute Gasteiger partial charge is 0.182 e. The van der Waals surface area contributed by atoms with Crippen LogP contribution < -0.4 is 0 Å². The van der Waals surface area contributed by atoms with Crippen LogP contribution in [0.5, 0.6) is 0 Å². The zero-order valence-electron chi connectivity index (χ0n) is 14.0. The molecule has 3 aromatic carbocycles. The molecule has 1 aromatic heterocycles. The molecule has 0 atom stereocenters. The Bertz CT molecular complexity index is 1060. The highest BCUT2D eigenvalue weighted by atomic mass is 35.5. The van der Waals surface area contributed by atoms with E-state index in [2.05, 4.69) is 10.2 Å². The minimum absolute atomic E-state index is 0.297. The molecule has 4 rings (SSSR count). The summed E-state index contributed by atoms with van der Waals surface area (Å²) in [4.78, 5) is 5.75. The van der Waals surface area contributed by atoms with Gasteiger partial charge in [-0.05, 0) is 60.7 Å². The molecule has 3 nitrogen and oxygen atoms in total. The number of hydrogen-bond acceptors (Lipinski definition) is 4. The molecule has 0 radical (unpaired) electrons. The highest BCUT2D eigenvalue weighted by Gasteiger charge is 2.14. The predicted molar refractivity (Wildman–Crippen MR) is 106 cm³/mol. The third kappa shape index (κ3) is 4.15. The maximum absolute atomic E-state index is 13.3.